The van der Waals surface area contributed by atoms with Crippen LogP contribution in [0.25, 0.3) is 11.3 Å². The van der Waals surface area contributed by atoms with Gasteiger partial charge >= 0.3 is 0 Å². The van der Waals surface area contributed by atoms with Crippen molar-refractivity contribution in [2.45, 2.75) is 12.6 Å². The molecule has 1 aromatic heterocycles. The molecule has 0 aliphatic carbocycles. The minimum Gasteiger partial charge on any atom is -0.497 e. The van der Waals surface area contributed by atoms with Crippen molar-refractivity contribution < 1.29 is 14.8 Å². The summed E-state index contributed by atoms with van der Waals surface area (Å²) in [6.07, 6.45) is -0.864. The number of nitro groups is 1. The topological polar surface area (TPSA) is 89.9 Å². The highest BCUT2D eigenvalue weighted by Crippen LogP contribution is 2.26. The number of methoxy groups -OCH3 is 1. The van der Waals surface area contributed by atoms with E-state index in [4.69, 9.17) is 9.73 Å². The van der Waals surface area contributed by atoms with E-state index in [1.165, 1.54) is 23.5 Å². The number of para-hydroxylation sites is 1. The second-order valence-corrected chi connectivity index (χ2v) is 7.89. The number of aromatic nitrogens is 1. The van der Waals surface area contributed by atoms with Crippen LogP contribution in [0.2, 0.25) is 0 Å². The van der Waals surface area contributed by atoms with Crippen molar-refractivity contribution in [3.8, 4) is 17.0 Å². The van der Waals surface area contributed by atoms with Crippen LogP contribution in [-0.2, 0) is 6.54 Å². The molecule has 0 saturated carbocycles. The minimum atomic E-state index is -0.864. The second-order valence-electron chi connectivity index (χ2n) is 7.05. The molecule has 0 fully saturated rings. The number of non-ortho nitro benzene ring substituents is 1. The molecule has 0 amide bonds. The lowest BCUT2D eigenvalue weighted by Crippen LogP contribution is -2.20. The summed E-state index contributed by atoms with van der Waals surface area (Å²) in [5, 5.41) is 23.8. The van der Waals surface area contributed by atoms with Crippen LogP contribution in [0.4, 0.5) is 11.4 Å². The van der Waals surface area contributed by atoms with Crippen LogP contribution in [0.15, 0.2) is 89.2 Å². The van der Waals surface area contributed by atoms with Crippen LogP contribution in [0.3, 0.4) is 0 Å². The normalized spacial score (nSPS) is 12.5. The van der Waals surface area contributed by atoms with Gasteiger partial charge in [0, 0.05) is 17.5 Å². The van der Waals surface area contributed by atoms with E-state index in [0.717, 1.165) is 27.5 Å². The Bertz CT molecular complexity index is 1260. The summed E-state index contributed by atoms with van der Waals surface area (Å²) >= 11 is 1.48. The molecular formula is C24H21N3O4S. The number of nitro benzene ring substituents is 1. The van der Waals surface area contributed by atoms with Crippen molar-refractivity contribution >= 4 is 22.7 Å². The molecule has 7 nitrogen and oxygen atoms in total. The van der Waals surface area contributed by atoms with Gasteiger partial charge in [-0.05, 0) is 59.7 Å². The van der Waals surface area contributed by atoms with E-state index in [2.05, 4.69) is 0 Å². The predicted octanol–water partition coefficient (Wildman–Crippen LogP) is 5.10. The maximum atomic E-state index is 10.9. The molecule has 3 aromatic carbocycles. The largest absolute Gasteiger partial charge is 0.497 e. The first-order valence-electron chi connectivity index (χ1n) is 9.90. The molecule has 0 bridgehead atoms. The molecule has 8 heteroatoms. The summed E-state index contributed by atoms with van der Waals surface area (Å²) in [4.78, 5) is 16.0. The van der Waals surface area contributed by atoms with E-state index in [9.17, 15) is 15.2 Å². The third kappa shape index (κ3) is 4.77. The summed E-state index contributed by atoms with van der Waals surface area (Å²) in [5.74, 6) is 0.760. The van der Waals surface area contributed by atoms with E-state index in [1.807, 2.05) is 64.5 Å². The summed E-state index contributed by atoms with van der Waals surface area (Å²) in [5.41, 5.74) is 3.28. The summed E-state index contributed by atoms with van der Waals surface area (Å²) in [6.45, 7) is 0.244. The zero-order chi connectivity index (χ0) is 22.5. The van der Waals surface area contributed by atoms with Gasteiger partial charge < -0.3 is 14.4 Å². The lowest BCUT2D eigenvalue weighted by Gasteiger charge is -2.15. The smallest absolute Gasteiger partial charge is 0.269 e. The van der Waals surface area contributed by atoms with Crippen molar-refractivity contribution in [1.82, 2.24) is 4.57 Å². The van der Waals surface area contributed by atoms with Gasteiger partial charge in [-0.1, -0.05) is 18.2 Å². The molecule has 1 atom stereocenters. The maximum Gasteiger partial charge on any atom is 0.269 e. The van der Waals surface area contributed by atoms with E-state index < -0.39 is 11.0 Å². The van der Waals surface area contributed by atoms with Crippen LogP contribution in [-0.4, -0.2) is 21.7 Å². The molecular weight excluding hydrogens is 426 g/mol. The van der Waals surface area contributed by atoms with Crippen molar-refractivity contribution in [2.75, 3.05) is 7.11 Å². The number of thiazole rings is 1. The Balaban J connectivity index is 1.74. The average Bonchev–Trinajstić information content (AvgIpc) is 3.21. The number of hydrogen-bond donors (Lipinski definition) is 1. The monoisotopic (exact) mass is 447 g/mol. The number of rotatable bonds is 7. The number of aliphatic hydroxyl groups excluding tert-OH is 1. The van der Waals surface area contributed by atoms with Crippen LogP contribution >= 0.6 is 11.3 Å². The molecule has 0 spiro atoms. The zero-order valence-electron chi connectivity index (χ0n) is 17.3. The lowest BCUT2D eigenvalue weighted by atomic mass is 10.1. The first-order chi connectivity index (χ1) is 15.5. The first-order valence-corrected chi connectivity index (χ1v) is 10.8. The standard InChI is InChI=1S/C24H21N3O4S/c1-31-21-13-9-17(10-14-21)22-16-32-24(25-19-5-3-2-4-6-19)26(22)15-23(28)18-7-11-20(12-8-18)27(29)30/h2-14,16,23,28H,15H2,1H3/t23-/m0/s1. The Morgan fingerprint density at radius 1 is 1.06 bits per heavy atom. The van der Waals surface area contributed by atoms with E-state index in [1.54, 1.807) is 19.2 Å². The molecule has 4 rings (SSSR count). The van der Waals surface area contributed by atoms with Gasteiger partial charge in [-0.25, -0.2) is 4.99 Å². The molecule has 1 heterocycles. The van der Waals surface area contributed by atoms with Crippen LogP contribution in [0.5, 0.6) is 5.75 Å². The molecule has 32 heavy (non-hydrogen) atoms. The van der Waals surface area contributed by atoms with E-state index in [0.29, 0.717) is 5.56 Å². The summed E-state index contributed by atoms with van der Waals surface area (Å²) < 4.78 is 7.22. The molecule has 0 unspecified atom stereocenters. The highest BCUT2D eigenvalue weighted by molar-refractivity contribution is 7.07. The number of aliphatic hydroxyl groups is 1. The highest BCUT2D eigenvalue weighted by Gasteiger charge is 2.16. The number of hydrogen-bond acceptors (Lipinski definition) is 6. The lowest BCUT2D eigenvalue weighted by molar-refractivity contribution is -0.384. The second kappa shape index (κ2) is 9.59. The minimum absolute atomic E-state index is 0.0113. The predicted molar refractivity (Wildman–Crippen MR) is 124 cm³/mol. The fraction of sp³-hybridized carbons (Fsp3) is 0.125. The molecule has 1 N–H and O–H groups in total. The third-order valence-electron chi connectivity index (χ3n) is 5.01. The highest BCUT2D eigenvalue weighted by atomic mass is 32.1. The van der Waals surface area contributed by atoms with Crippen LogP contribution in [0.1, 0.15) is 11.7 Å². The summed E-state index contributed by atoms with van der Waals surface area (Å²) in [6, 6.07) is 23.3. The van der Waals surface area contributed by atoms with Crippen LogP contribution < -0.4 is 9.54 Å². The molecule has 0 aliphatic heterocycles. The maximum absolute atomic E-state index is 10.9. The Kier molecular flexibility index (Phi) is 6.44. The number of ether oxygens (including phenoxy) is 1. The Hall–Kier alpha value is -3.75. The molecule has 0 radical (unpaired) electrons. The van der Waals surface area contributed by atoms with Gasteiger partial charge in [0.2, 0.25) is 0 Å². The molecule has 4 aromatic rings. The van der Waals surface area contributed by atoms with Gasteiger partial charge in [0.1, 0.15) is 5.75 Å². The van der Waals surface area contributed by atoms with Crippen molar-refractivity contribution in [3.63, 3.8) is 0 Å². The van der Waals surface area contributed by atoms with Crippen molar-refractivity contribution in [3.05, 3.63) is 105 Å². The van der Waals surface area contributed by atoms with Gasteiger partial charge in [0.25, 0.3) is 5.69 Å². The SMILES string of the molecule is COc1ccc(-c2csc(=Nc3ccccc3)n2C[C@H](O)c2ccc([N+](=O)[O-])cc2)cc1. The quantitative estimate of drug-likeness (QED) is 0.315. The number of nitrogens with zero attached hydrogens (tertiary/aromatic N) is 3. The van der Waals surface area contributed by atoms with Gasteiger partial charge in [-0.3, -0.25) is 10.1 Å². The van der Waals surface area contributed by atoms with Gasteiger partial charge in [0.05, 0.1) is 36.1 Å². The van der Waals surface area contributed by atoms with E-state index >= 15 is 0 Å². The molecule has 162 valence electrons. The van der Waals surface area contributed by atoms with Crippen molar-refractivity contribution in [2.24, 2.45) is 4.99 Å². The van der Waals surface area contributed by atoms with E-state index in [-0.39, 0.29) is 12.2 Å². The summed E-state index contributed by atoms with van der Waals surface area (Å²) in [7, 11) is 1.62. The molecule has 0 aliphatic rings. The Morgan fingerprint density at radius 3 is 2.38 bits per heavy atom. The first kappa shape index (κ1) is 21.5. The van der Waals surface area contributed by atoms with Gasteiger partial charge in [-0.15, -0.1) is 11.3 Å². The van der Waals surface area contributed by atoms with Gasteiger partial charge in [0.15, 0.2) is 4.80 Å². The fourth-order valence-corrected chi connectivity index (χ4v) is 4.24. The fourth-order valence-electron chi connectivity index (χ4n) is 3.30. The molecule has 0 saturated heterocycles. The van der Waals surface area contributed by atoms with Crippen molar-refractivity contribution in [1.29, 1.82) is 0 Å². The number of benzene rings is 3. The van der Waals surface area contributed by atoms with Gasteiger partial charge in [-0.2, -0.15) is 0 Å². The Morgan fingerprint density at radius 2 is 1.75 bits per heavy atom. The average molecular weight is 448 g/mol. The Labute approximate surface area is 188 Å². The third-order valence-corrected chi connectivity index (χ3v) is 5.87. The van der Waals surface area contributed by atoms with Crippen LogP contribution in [0, 0.1) is 10.1 Å². The zero-order valence-corrected chi connectivity index (χ0v) is 18.1.